The third kappa shape index (κ3) is 3.01. The van der Waals surface area contributed by atoms with Gasteiger partial charge in [-0.15, -0.1) is 0 Å². The van der Waals surface area contributed by atoms with E-state index >= 15 is 0 Å². The second-order valence-electron chi connectivity index (χ2n) is 6.51. The molecule has 132 valence electrons. The molecule has 0 N–H and O–H groups in total. The highest BCUT2D eigenvalue weighted by atomic mass is 14.8. The Labute approximate surface area is 162 Å². The molecule has 2 aromatic heterocycles. The summed E-state index contributed by atoms with van der Waals surface area (Å²) >= 11 is 0. The van der Waals surface area contributed by atoms with E-state index in [0.29, 0.717) is 0 Å². The molecule has 3 aromatic carbocycles. The summed E-state index contributed by atoms with van der Waals surface area (Å²) in [5.41, 5.74) is 6.32. The van der Waals surface area contributed by atoms with E-state index in [9.17, 15) is 0 Å². The summed E-state index contributed by atoms with van der Waals surface area (Å²) in [6.07, 6.45) is 6.69. The summed E-state index contributed by atoms with van der Waals surface area (Å²) in [4.78, 5) is 16.8. The van der Waals surface area contributed by atoms with Crippen molar-refractivity contribution in [3.05, 3.63) is 97.8 Å². The van der Waals surface area contributed by atoms with E-state index in [1.807, 2.05) is 12.1 Å². The second-order valence-corrected chi connectivity index (χ2v) is 6.51. The lowest BCUT2D eigenvalue weighted by Crippen LogP contribution is -1.88. The van der Waals surface area contributed by atoms with Gasteiger partial charge in [0.05, 0.1) is 11.4 Å². The van der Waals surface area contributed by atoms with Crippen LogP contribution in [0, 0.1) is 0 Å². The van der Waals surface area contributed by atoms with Gasteiger partial charge in [0.2, 0.25) is 0 Å². The zero-order valence-electron chi connectivity index (χ0n) is 15.0. The number of fused-ring (bicyclic) bond motifs is 1. The van der Waals surface area contributed by atoms with E-state index in [1.165, 1.54) is 16.3 Å². The third-order valence-electron chi connectivity index (χ3n) is 4.81. The molecular formula is C24H16N4. The van der Waals surface area contributed by atoms with Crippen LogP contribution in [0.15, 0.2) is 97.8 Å². The molecule has 0 bridgehead atoms. The van der Waals surface area contributed by atoms with Crippen molar-refractivity contribution < 1.29 is 0 Å². The Kier molecular flexibility index (Phi) is 4.07. The van der Waals surface area contributed by atoms with Crippen molar-refractivity contribution >= 4 is 10.8 Å². The maximum absolute atomic E-state index is 4.39. The smallest absolute Gasteiger partial charge is 0.116 e. The number of benzene rings is 3. The molecule has 0 radical (unpaired) electrons. The zero-order valence-corrected chi connectivity index (χ0v) is 15.0. The number of aromatic nitrogens is 4. The summed E-state index contributed by atoms with van der Waals surface area (Å²) in [6.45, 7) is 0. The minimum absolute atomic E-state index is 0.916. The molecule has 4 heteroatoms. The summed E-state index contributed by atoms with van der Waals surface area (Å²) < 4.78 is 0. The van der Waals surface area contributed by atoms with Gasteiger partial charge in [-0.05, 0) is 46.2 Å². The molecule has 0 spiro atoms. The number of nitrogens with zero attached hydrogens (tertiary/aromatic N) is 4. The van der Waals surface area contributed by atoms with Gasteiger partial charge in [-0.1, -0.05) is 48.5 Å². The van der Waals surface area contributed by atoms with E-state index in [4.69, 9.17) is 0 Å². The minimum atomic E-state index is 0.916. The average Bonchev–Trinajstić information content (AvgIpc) is 2.79. The molecule has 28 heavy (non-hydrogen) atoms. The molecule has 0 fully saturated rings. The number of hydrogen-bond donors (Lipinski definition) is 0. The lowest BCUT2D eigenvalue weighted by molar-refractivity contribution is 1.17. The normalized spacial score (nSPS) is 10.9. The summed E-state index contributed by atoms with van der Waals surface area (Å²) in [7, 11) is 0. The number of rotatable bonds is 3. The lowest BCUT2D eigenvalue weighted by Gasteiger charge is -2.10. The first-order valence-corrected chi connectivity index (χ1v) is 9.04. The first-order valence-electron chi connectivity index (χ1n) is 9.04. The molecule has 0 unspecified atom stereocenters. The van der Waals surface area contributed by atoms with E-state index in [-0.39, 0.29) is 0 Å². The molecule has 0 saturated carbocycles. The van der Waals surface area contributed by atoms with Crippen LogP contribution in [0.25, 0.3) is 44.4 Å². The maximum atomic E-state index is 4.39. The highest BCUT2D eigenvalue weighted by Crippen LogP contribution is 2.33. The summed E-state index contributed by atoms with van der Waals surface area (Å²) in [6, 6.07) is 25.1. The van der Waals surface area contributed by atoms with Gasteiger partial charge >= 0.3 is 0 Å². The molecule has 0 atom stereocenters. The Balaban J connectivity index is 1.67. The Morgan fingerprint density at radius 1 is 0.536 bits per heavy atom. The van der Waals surface area contributed by atoms with Gasteiger partial charge in [0.1, 0.15) is 12.7 Å². The van der Waals surface area contributed by atoms with Gasteiger partial charge in [-0.25, -0.2) is 19.9 Å². The van der Waals surface area contributed by atoms with E-state index in [0.717, 1.165) is 28.1 Å². The van der Waals surface area contributed by atoms with Crippen molar-refractivity contribution in [2.75, 3.05) is 0 Å². The van der Waals surface area contributed by atoms with E-state index < -0.39 is 0 Å². The van der Waals surface area contributed by atoms with Gasteiger partial charge in [0.25, 0.3) is 0 Å². The highest BCUT2D eigenvalue weighted by molar-refractivity contribution is 5.99. The fourth-order valence-corrected chi connectivity index (χ4v) is 3.45. The van der Waals surface area contributed by atoms with Crippen LogP contribution in [0.1, 0.15) is 0 Å². The summed E-state index contributed by atoms with van der Waals surface area (Å²) in [5.74, 6) is 0. The Hall–Kier alpha value is -3.92. The topological polar surface area (TPSA) is 51.6 Å². The van der Waals surface area contributed by atoms with Crippen LogP contribution in [0.4, 0.5) is 0 Å². The van der Waals surface area contributed by atoms with Gasteiger partial charge in [0.15, 0.2) is 0 Å². The molecular weight excluding hydrogens is 344 g/mol. The average molecular weight is 360 g/mol. The van der Waals surface area contributed by atoms with Crippen molar-refractivity contribution in [2.24, 2.45) is 0 Å². The first kappa shape index (κ1) is 16.3. The molecule has 0 aliphatic carbocycles. The molecule has 0 aliphatic heterocycles. The molecule has 5 aromatic rings. The summed E-state index contributed by atoms with van der Waals surface area (Å²) in [5, 5.41) is 2.39. The monoisotopic (exact) mass is 360 g/mol. The number of hydrogen-bond acceptors (Lipinski definition) is 4. The lowest BCUT2D eigenvalue weighted by atomic mass is 9.94. The van der Waals surface area contributed by atoms with Crippen LogP contribution in [-0.4, -0.2) is 19.9 Å². The van der Waals surface area contributed by atoms with Crippen molar-refractivity contribution in [1.29, 1.82) is 0 Å². The molecule has 0 amide bonds. The van der Waals surface area contributed by atoms with Crippen LogP contribution in [-0.2, 0) is 0 Å². The fraction of sp³-hybridized carbons (Fsp3) is 0. The maximum Gasteiger partial charge on any atom is 0.116 e. The van der Waals surface area contributed by atoms with Crippen LogP contribution in [0.5, 0.6) is 0 Å². The molecule has 0 saturated heterocycles. The standard InChI is InChI=1S/C24H16N4/c1-4-18(13-19(5-1)23-9-11-25-15-27-23)21-6-2-3-17-7-8-20(14-22(17)21)24-10-12-26-16-28-24/h1-16H. The molecule has 2 heterocycles. The largest absolute Gasteiger partial charge is 0.245 e. The van der Waals surface area contributed by atoms with Gasteiger partial charge in [-0.3, -0.25) is 0 Å². The van der Waals surface area contributed by atoms with Gasteiger partial charge < -0.3 is 0 Å². The van der Waals surface area contributed by atoms with Crippen molar-refractivity contribution in [3.8, 4) is 33.6 Å². The SMILES string of the molecule is c1cc(-c2ccncn2)cc(-c2cccc3ccc(-c4ccncn4)cc23)c1. The van der Waals surface area contributed by atoms with E-state index in [1.54, 1.807) is 25.0 Å². The molecule has 0 aliphatic rings. The molecule has 5 rings (SSSR count). The predicted molar refractivity (Wildman–Crippen MR) is 111 cm³/mol. The van der Waals surface area contributed by atoms with Crippen LogP contribution in [0.2, 0.25) is 0 Å². The Morgan fingerprint density at radius 2 is 1.21 bits per heavy atom. The van der Waals surface area contributed by atoms with Crippen molar-refractivity contribution in [2.45, 2.75) is 0 Å². The van der Waals surface area contributed by atoms with Gasteiger partial charge in [-0.2, -0.15) is 0 Å². The van der Waals surface area contributed by atoms with Gasteiger partial charge in [0, 0.05) is 23.5 Å². The Morgan fingerprint density at radius 3 is 1.93 bits per heavy atom. The first-order chi connectivity index (χ1) is 13.9. The van der Waals surface area contributed by atoms with Crippen molar-refractivity contribution in [3.63, 3.8) is 0 Å². The zero-order chi connectivity index (χ0) is 18.8. The molecule has 4 nitrogen and oxygen atoms in total. The van der Waals surface area contributed by atoms with Crippen LogP contribution >= 0.6 is 0 Å². The predicted octanol–water partition coefficient (Wildman–Crippen LogP) is 5.42. The van der Waals surface area contributed by atoms with Crippen LogP contribution in [0.3, 0.4) is 0 Å². The minimum Gasteiger partial charge on any atom is -0.245 e. The van der Waals surface area contributed by atoms with E-state index in [2.05, 4.69) is 80.6 Å². The Bertz CT molecular complexity index is 1250. The quantitative estimate of drug-likeness (QED) is 0.431. The highest BCUT2D eigenvalue weighted by Gasteiger charge is 2.08. The van der Waals surface area contributed by atoms with Crippen LogP contribution < -0.4 is 0 Å². The second kappa shape index (κ2) is 7.00. The van der Waals surface area contributed by atoms with Crippen molar-refractivity contribution in [1.82, 2.24) is 19.9 Å². The fourth-order valence-electron chi connectivity index (χ4n) is 3.45. The third-order valence-corrected chi connectivity index (χ3v) is 4.81.